The summed E-state index contributed by atoms with van der Waals surface area (Å²) < 4.78 is 0. The Bertz CT molecular complexity index is 236. The van der Waals surface area contributed by atoms with Crippen LogP contribution in [0.3, 0.4) is 0 Å². The van der Waals surface area contributed by atoms with Crippen LogP contribution in [-0.4, -0.2) is 24.2 Å². The van der Waals surface area contributed by atoms with E-state index in [0.717, 1.165) is 25.8 Å². The molecular formula is C11H17NO2. The minimum Gasteiger partial charge on any atom is -0.481 e. The summed E-state index contributed by atoms with van der Waals surface area (Å²) in [5.41, 5.74) is -0.560. The fraction of sp³-hybridized carbons (Fsp3) is 0.727. The Hall–Kier alpha value is -1.01. The van der Waals surface area contributed by atoms with Gasteiger partial charge in [0.1, 0.15) is 0 Å². The minimum atomic E-state index is -0.679. The zero-order chi connectivity index (χ0) is 10.4. The molecule has 1 rings (SSSR count). The van der Waals surface area contributed by atoms with Gasteiger partial charge in [0.2, 0.25) is 0 Å². The van der Waals surface area contributed by atoms with Crippen LogP contribution >= 0.6 is 0 Å². The van der Waals surface area contributed by atoms with Crippen molar-refractivity contribution in [2.45, 2.75) is 32.1 Å². The largest absolute Gasteiger partial charge is 0.481 e. The molecule has 0 aromatic carbocycles. The van der Waals surface area contributed by atoms with Gasteiger partial charge in [-0.25, -0.2) is 0 Å². The molecule has 1 heterocycles. The summed E-state index contributed by atoms with van der Waals surface area (Å²) in [6.07, 6.45) is 9.05. The number of hydrogen-bond donors (Lipinski definition) is 2. The molecule has 0 aliphatic carbocycles. The Balaban J connectivity index is 2.53. The van der Waals surface area contributed by atoms with Crippen molar-refractivity contribution < 1.29 is 9.90 Å². The first kappa shape index (κ1) is 11.1. The summed E-state index contributed by atoms with van der Waals surface area (Å²) in [5, 5.41) is 12.3. The van der Waals surface area contributed by atoms with E-state index in [1.807, 2.05) is 0 Å². The van der Waals surface area contributed by atoms with Gasteiger partial charge in [-0.3, -0.25) is 4.79 Å². The van der Waals surface area contributed by atoms with Crippen molar-refractivity contribution in [3.05, 3.63) is 0 Å². The molecule has 0 aromatic heterocycles. The molecule has 1 saturated heterocycles. The van der Waals surface area contributed by atoms with Crippen molar-refractivity contribution in [1.82, 2.24) is 5.32 Å². The van der Waals surface area contributed by atoms with Crippen LogP contribution in [0.15, 0.2) is 0 Å². The number of rotatable bonds is 4. The molecule has 0 aromatic rings. The maximum Gasteiger partial charge on any atom is 0.310 e. The molecule has 2 N–H and O–H groups in total. The molecule has 3 nitrogen and oxygen atoms in total. The third-order valence-corrected chi connectivity index (χ3v) is 2.90. The highest BCUT2D eigenvalue weighted by Crippen LogP contribution is 2.32. The van der Waals surface area contributed by atoms with E-state index in [2.05, 4.69) is 11.2 Å². The SMILES string of the molecule is C#CCCCC1(C(=O)O)CCCNC1. The predicted octanol–water partition coefficient (Wildman–Crippen LogP) is 1.24. The second-order valence-corrected chi connectivity index (χ2v) is 3.92. The smallest absolute Gasteiger partial charge is 0.310 e. The number of carboxylic acids is 1. The lowest BCUT2D eigenvalue weighted by Gasteiger charge is -2.33. The Kier molecular flexibility index (Phi) is 3.97. The van der Waals surface area contributed by atoms with Gasteiger partial charge in [-0.2, -0.15) is 0 Å². The highest BCUT2D eigenvalue weighted by atomic mass is 16.4. The molecule has 1 aliphatic rings. The molecule has 0 saturated carbocycles. The molecule has 1 aliphatic heterocycles. The minimum absolute atomic E-state index is 0.560. The van der Waals surface area contributed by atoms with Crippen LogP contribution in [0.25, 0.3) is 0 Å². The monoisotopic (exact) mass is 195 g/mol. The number of terminal acetylenes is 1. The van der Waals surface area contributed by atoms with Gasteiger partial charge >= 0.3 is 5.97 Å². The van der Waals surface area contributed by atoms with E-state index in [-0.39, 0.29) is 0 Å². The average molecular weight is 195 g/mol. The second-order valence-electron chi connectivity index (χ2n) is 3.92. The Labute approximate surface area is 84.9 Å². The van der Waals surface area contributed by atoms with Gasteiger partial charge in [0, 0.05) is 13.0 Å². The number of aliphatic carboxylic acids is 1. The number of nitrogens with one attached hydrogen (secondary N) is 1. The maximum absolute atomic E-state index is 11.2. The summed E-state index contributed by atoms with van der Waals surface area (Å²) in [6.45, 7) is 1.52. The number of carboxylic acid groups (broad SMARTS) is 1. The Morgan fingerprint density at radius 3 is 2.93 bits per heavy atom. The van der Waals surface area contributed by atoms with E-state index in [9.17, 15) is 9.90 Å². The summed E-state index contributed by atoms with van der Waals surface area (Å²) in [4.78, 5) is 11.2. The molecule has 0 radical (unpaired) electrons. The highest BCUT2D eigenvalue weighted by Gasteiger charge is 2.38. The first-order valence-corrected chi connectivity index (χ1v) is 5.09. The molecule has 0 bridgehead atoms. The average Bonchev–Trinajstić information content (AvgIpc) is 2.19. The van der Waals surface area contributed by atoms with Crippen LogP contribution in [-0.2, 0) is 4.79 Å². The maximum atomic E-state index is 11.2. The van der Waals surface area contributed by atoms with E-state index in [1.54, 1.807) is 0 Å². The van der Waals surface area contributed by atoms with E-state index in [1.165, 1.54) is 0 Å². The summed E-state index contributed by atoms with van der Waals surface area (Å²) in [5.74, 6) is 1.87. The van der Waals surface area contributed by atoms with Gasteiger partial charge in [0.05, 0.1) is 5.41 Å². The third kappa shape index (κ3) is 2.49. The molecule has 14 heavy (non-hydrogen) atoms. The summed E-state index contributed by atoms with van der Waals surface area (Å²) in [7, 11) is 0. The fourth-order valence-electron chi connectivity index (χ4n) is 2.00. The first-order valence-electron chi connectivity index (χ1n) is 5.09. The van der Waals surface area contributed by atoms with Crippen molar-refractivity contribution in [3.63, 3.8) is 0 Å². The standard InChI is InChI=1S/C11H17NO2/c1-2-3-4-6-11(10(13)14)7-5-8-12-9-11/h1,12H,3-9H2,(H,13,14). The first-order chi connectivity index (χ1) is 6.71. The molecule has 78 valence electrons. The Morgan fingerprint density at radius 2 is 2.43 bits per heavy atom. The van der Waals surface area contributed by atoms with Crippen molar-refractivity contribution in [2.75, 3.05) is 13.1 Å². The van der Waals surface area contributed by atoms with E-state index in [4.69, 9.17) is 6.42 Å². The van der Waals surface area contributed by atoms with Gasteiger partial charge in [-0.05, 0) is 32.2 Å². The second kappa shape index (κ2) is 5.02. The van der Waals surface area contributed by atoms with Crippen LogP contribution in [0.2, 0.25) is 0 Å². The molecule has 0 amide bonds. The molecular weight excluding hydrogens is 178 g/mol. The molecule has 3 heteroatoms. The van der Waals surface area contributed by atoms with Crippen molar-refractivity contribution in [3.8, 4) is 12.3 Å². The Morgan fingerprint density at radius 1 is 1.64 bits per heavy atom. The lowest BCUT2D eigenvalue weighted by atomic mass is 9.76. The van der Waals surface area contributed by atoms with Gasteiger partial charge < -0.3 is 10.4 Å². The van der Waals surface area contributed by atoms with Gasteiger partial charge in [0.25, 0.3) is 0 Å². The highest BCUT2D eigenvalue weighted by molar-refractivity contribution is 5.75. The van der Waals surface area contributed by atoms with E-state index >= 15 is 0 Å². The number of hydrogen-bond acceptors (Lipinski definition) is 2. The van der Waals surface area contributed by atoms with Crippen LogP contribution in [0.5, 0.6) is 0 Å². The summed E-state index contributed by atoms with van der Waals surface area (Å²) >= 11 is 0. The lowest BCUT2D eigenvalue weighted by molar-refractivity contribution is -0.150. The molecule has 1 unspecified atom stereocenters. The molecule has 1 atom stereocenters. The molecule has 0 spiro atoms. The lowest BCUT2D eigenvalue weighted by Crippen LogP contribution is -2.45. The number of piperidine rings is 1. The van der Waals surface area contributed by atoms with Crippen molar-refractivity contribution in [1.29, 1.82) is 0 Å². The van der Waals surface area contributed by atoms with Crippen LogP contribution in [0, 0.1) is 17.8 Å². The zero-order valence-corrected chi connectivity index (χ0v) is 8.38. The van der Waals surface area contributed by atoms with E-state index < -0.39 is 11.4 Å². The van der Waals surface area contributed by atoms with Gasteiger partial charge in [-0.15, -0.1) is 12.3 Å². The van der Waals surface area contributed by atoms with Crippen LogP contribution in [0.1, 0.15) is 32.1 Å². The fourth-order valence-corrected chi connectivity index (χ4v) is 2.00. The zero-order valence-electron chi connectivity index (χ0n) is 8.38. The van der Waals surface area contributed by atoms with Crippen molar-refractivity contribution in [2.24, 2.45) is 5.41 Å². The summed E-state index contributed by atoms with van der Waals surface area (Å²) in [6, 6.07) is 0. The topological polar surface area (TPSA) is 49.3 Å². The predicted molar refractivity (Wildman–Crippen MR) is 54.9 cm³/mol. The van der Waals surface area contributed by atoms with Crippen molar-refractivity contribution >= 4 is 5.97 Å². The number of carbonyl (C=O) groups is 1. The van der Waals surface area contributed by atoms with Gasteiger partial charge in [-0.1, -0.05) is 0 Å². The van der Waals surface area contributed by atoms with E-state index in [0.29, 0.717) is 19.4 Å². The van der Waals surface area contributed by atoms with Gasteiger partial charge in [0.15, 0.2) is 0 Å². The van der Waals surface area contributed by atoms with Crippen LogP contribution in [0.4, 0.5) is 0 Å². The number of unbranched alkanes of at least 4 members (excludes halogenated alkanes) is 1. The van der Waals surface area contributed by atoms with Crippen LogP contribution < -0.4 is 5.32 Å². The third-order valence-electron chi connectivity index (χ3n) is 2.90. The quantitative estimate of drug-likeness (QED) is 0.524. The normalized spacial score (nSPS) is 26.8. The molecule has 1 fully saturated rings.